The highest BCUT2D eigenvalue weighted by atomic mass is 32.5. The van der Waals surface area contributed by atoms with E-state index in [1.807, 2.05) is 6.07 Å². The van der Waals surface area contributed by atoms with Crippen LogP contribution in [0.1, 0.15) is 39.7 Å². The van der Waals surface area contributed by atoms with Gasteiger partial charge >= 0.3 is 12.6 Å². The van der Waals surface area contributed by atoms with Crippen LogP contribution in [0.2, 0.25) is 0 Å². The van der Waals surface area contributed by atoms with Gasteiger partial charge in [0, 0.05) is 7.05 Å². The van der Waals surface area contributed by atoms with Crippen molar-refractivity contribution in [1.29, 1.82) is 0 Å². The van der Waals surface area contributed by atoms with Crippen molar-refractivity contribution in [2.24, 2.45) is 0 Å². The third-order valence-corrected chi connectivity index (χ3v) is 8.67. The van der Waals surface area contributed by atoms with E-state index in [9.17, 15) is 9.90 Å². The maximum atomic E-state index is 16.0. The Balaban J connectivity index is 1.56. The molecule has 40 heavy (non-hydrogen) atoms. The van der Waals surface area contributed by atoms with E-state index < -0.39 is 42.8 Å². The van der Waals surface area contributed by atoms with Gasteiger partial charge in [0.1, 0.15) is 29.8 Å². The first-order valence-corrected chi connectivity index (χ1v) is 15.4. The van der Waals surface area contributed by atoms with Gasteiger partial charge in [0.25, 0.3) is 0 Å². The van der Waals surface area contributed by atoms with E-state index in [0.29, 0.717) is 28.6 Å². The minimum atomic E-state index is -3.43. The summed E-state index contributed by atoms with van der Waals surface area (Å²) in [6.07, 6.45) is -2.94. The van der Waals surface area contributed by atoms with Gasteiger partial charge in [-0.15, -0.1) is 0 Å². The molecule has 0 amide bonds. The molecule has 218 valence electrons. The monoisotopic (exact) mass is 596 g/mol. The summed E-state index contributed by atoms with van der Waals surface area (Å²) < 4.78 is 40.7. The SMILES string of the molecule is CNc1nc(C)nc2c1ncn2[C@@H]1O[C@H](CO[P@@](=S)(N[C@@H](C)C(=O)OC(C)C)Oc2ccccc2)[C@@H](O)[C@@]1(C)F. The van der Waals surface area contributed by atoms with E-state index >= 15 is 4.39 Å². The maximum Gasteiger partial charge on any atom is 0.323 e. The minimum absolute atomic E-state index is 0.329. The fourth-order valence-corrected chi connectivity index (χ4v) is 6.65. The van der Waals surface area contributed by atoms with Crippen molar-refractivity contribution in [3.63, 3.8) is 0 Å². The Morgan fingerprint density at radius 2 is 2.00 bits per heavy atom. The molecule has 1 aliphatic heterocycles. The third-order valence-electron chi connectivity index (χ3n) is 6.17. The maximum absolute atomic E-state index is 16.0. The number of para-hydroxylation sites is 1. The van der Waals surface area contributed by atoms with Crippen molar-refractivity contribution in [2.45, 2.75) is 70.9 Å². The van der Waals surface area contributed by atoms with E-state index in [2.05, 4.69) is 25.4 Å². The Morgan fingerprint density at radius 1 is 1.30 bits per heavy atom. The van der Waals surface area contributed by atoms with Crippen molar-refractivity contribution in [3.8, 4) is 5.75 Å². The number of carbonyl (C=O) groups excluding carboxylic acids is 1. The molecule has 0 bridgehead atoms. The van der Waals surface area contributed by atoms with Crippen molar-refractivity contribution in [3.05, 3.63) is 42.5 Å². The quantitative estimate of drug-likeness (QED) is 0.221. The molecule has 3 heterocycles. The topological polar surface area (TPSA) is 142 Å². The van der Waals surface area contributed by atoms with Gasteiger partial charge in [0.2, 0.25) is 0 Å². The van der Waals surface area contributed by atoms with Crippen molar-refractivity contribution < 1.29 is 32.8 Å². The predicted molar refractivity (Wildman–Crippen MR) is 150 cm³/mol. The van der Waals surface area contributed by atoms with Gasteiger partial charge in [0.05, 0.1) is 19.0 Å². The molecule has 0 unspecified atom stereocenters. The molecule has 3 aromatic rings. The zero-order chi connectivity index (χ0) is 29.2. The lowest BCUT2D eigenvalue weighted by Crippen LogP contribution is -2.41. The molecule has 0 saturated carbocycles. The number of nitrogens with one attached hydrogen (secondary N) is 2. The lowest BCUT2D eigenvalue weighted by Gasteiger charge is -2.28. The van der Waals surface area contributed by atoms with Crippen LogP contribution in [0.15, 0.2) is 36.7 Å². The van der Waals surface area contributed by atoms with Crippen LogP contribution < -0.4 is 14.9 Å². The first-order valence-electron chi connectivity index (χ1n) is 12.7. The average Bonchev–Trinajstić information content (AvgIpc) is 3.40. The number of fused-ring (bicyclic) bond motifs is 1. The Hall–Kier alpha value is -2.74. The second kappa shape index (κ2) is 12.0. The molecule has 4 rings (SSSR count). The summed E-state index contributed by atoms with van der Waals surface area (Å²) in [5, 5.41) is 16.8. The molecule has 2 aromatic heterocycles. The van der Waals surface area contributed by atoms with E-state index in [1.54, 1.807) is 59.0 Å². The van der Waals surface area contributed by atoms with Crippen molar-refractivity contribution >= 4 is 41.4 Å². The number of hydrogen-bond acceptors (Lipinski definition) is 11. The number of halogens is 1. The van der Waals surface area contributed by atoms with E-state index in [1.165, 1.54) is 17.8 Å². The molecule has 12 nitrogen and oxygen atoms in total. The number of rotatable bonds is 11. The number of aryl methyl sites for hydroxylation is 1. The van der Waals surface area contributed by atoms with Crippen LogP contribution in [-0.4, -0.2) is 74.3 Å². The van der Waals surface area contributed by atoms with E-state index in [4.69, 9.17) is 30.3 Å². The molecule has 15 heteroatoms. The van der Waals surface area contributed by atoms with Crippen LogP contribution in [0.4, 0.5) is 10.2 Å². The molecule has 1 fully saturated rings. The summed E-state index contributed by atoms with van der Waals surface area (Å²) >= 11 is 5.72. The first kappa shape index (κ1) is 30.2. The summed E-state index contributed by atoms with van der Waals surface area (Å²) in [4.78, 5) is 25.5. The number of aromatic nitrogens is 4. The van der Waals surface area contributed by atoms with Crippen LogP contribution in [-0.2, 0) is 30.6 Å². The lowest BCUT2D eigenvalue weighted by molar-refractivity contribution is -0.149. The smallest absolute Gasteiger partial charge is 0.323 e. The largest absolute Gasteiger partial charge is 0.462 e. The van der Waals surface area contributed by atoms with Gasteiger partial charge in [-0.3, -0.25) is 9.36 Å². The summed E-state index contributed by atoms with van der Waals surface area (Å²) in [6.45, 7) is 4.22. The third kappa shape index (κ3) is 6.42. The zero-order valence-corrected chi connectivity index (χ0v) is 24.8. The second-order valence-corrected chi connectivity index (χ2v) is 13.0. The van der Waals surface area contributed by atoms with Crippen molar-refractivity contribution in [1.82, 2.24) is 24.6 Å². The minimum Gasteiger partial charge on any atom is -0.462 e. The number of benzene rings is 1. The van der Waals surface area contributed by atoms with Crippen LogP contribution in [0.5, 0.6) is 5.75 Å². The number of anilines is 1. The molecule has 0 aliphatic carbocycles. The summed E-state index contributed by atoms with van der Waals surface area (Å²) in [5.41, 5.74) is -1.47. The number of imidazole rings is 1. The predicted octanol–water partition coefficient (Wildman–Crippen LogP) is 3.41. The number of alkyl halides is 1. The molecule has 6 atom stereocenters. The molecule has 1 aromatic carbocycles. The highest BCUT2D eigenvalue weighted by Gasteiger charge is 2.55. The number of carbonyl (C=O) groups is 1. The van der Waals surface area contributed by atoms with Gasteiger partial charge < -0.3 is 28.9 Å². The highest BCUT2D eigenvalue weighted by molar-refractivity contribution is 8.09. The van der Waals surface area contributed by atoms with Crippen LogP contribution in [0.25, 0.3) is 11.2 Å². The molecule has 3 N–H and O–H groups in total. The van der Waals surface area contributed by atoms with Gasteiger partial charge in [0.15, 0.2) is 28.9 Å². The average molecular weight is 597 g/mol. The Bertz CT molecular complexity index is 1390. The summed E-state index contributed by atoms with van der Waals surface area (Å²) in [5.74, 6) is 0.801. The normalized spacial score (nSPS) is 25.1. The van der Waals surface area contributed by atoms with E-state index in [-0.39, 0.29) is 12.7 Å². The van der Waals surface area contributed by atoms with Gasteiger partial charge in [-0.25, -0.2) is 24.4 Å². The van der Waals surface area contributed by atoms with Gasteiger partial charge in [-0.05, 0) is 58.6 Å². The van der Waals surface area contributed by atoms with Crippen molar-refractivity contribution in [2.75, 3.05) is 19.0 Å². The molecular formula is C25H34FN6O6PS. The number of aliphatic hydroxyl groups excluding tert-OH is 1. The first-order chi connectivity index (χ1) is 18.8. The molecule has 1 saturated heterocycles. The van der Waals surface area contributed by atoms with Gasteiger partial charge in [-0.1, -0.05) is 18.2 Å². The lowest BCUT2D eigenvalue weighted by atomic mass is 9.98. The Labute approximate surface area is 236 Å². The number of aliphatic hydroxyl groups is 1. The molecule has 0 spiro atoms. The Kier molecular flexibility index (Phi) is 9.08. The fourth-order valence-electron chi connectivity index (χ4n) is 4.23. The van der Waals surface area contributed by atoms with E-state index in [0.717, 1.165) is 0 Å². The van der Waals surface area contributed by atoms with Crippen LogP contribution in [0.3, 0.4) is 0 Å². The second-order valence-electron chi connectivity index (χ2n) is 9.85. The number of esters is 1. The number of nitrogens with zero attached hydrogens (tertiary/aromatic N) is 4. The zero-order valence-electron chi connectivity index (χ0n) is 23.1. The molecular weight excluding hydrogens is 562 g/mol. The fraction of sp³-hybridized carbons (Fsp3) is 0.520. The summed E-state index contributed by atoms with van der Waals surface area (Å²) in [7, 11) is 1.70. The summed E-state index contributed by atoms with van der Waals surface area (Å²) in [6, 6.07) is 7.83. The highest BCUT2D eigenvalue weighted by Crippen LogP contribution is 2.48. The number of ether oxygens (including phenoxy) is 2. The van der Waals surface area contributed by atoms with Crippen LogP contribution in [0, 0.1) is 6.92 Å². The molecule has 0 radical (unpaired) electrons. The molecule has 1 aliphatic rings. The van der Waals surface area contributed by atoms with Crippen LogP contribution >= 0.6 is 6.64 Å². The number of hydrogen-bond donors (Lipinski definition) is 3. The van der Waals surface area contributed by atoms with Gasteiger partial charge in [-0.2, -0.15) is 0 Å². The Morgan fingerprint density at radius 3 is 2.65 bits per heavy atom. The standard InChI is InChI=1S/C25H34FN6O6PS/c1-14(2)36-23(34)15(3)31-39(40,38-17-10-8-7-9-11-17)35-12-18-20(33)25(5,26)24(37-18)32-13-28-19-21(27-6)29-16(4)30-22(19)32/h7-11,13-15,18,20,24,33H,12H2,1-6H3,(H,31,40)(H,27,29,30)/t15-,18+,20+,24+,25+,39-/m0/s1.